The van der Waals surface area contributed by atoms with Gasteiger partial charge in [-0.1, -0.05) is 32.0 Å². The van der Waals surface area contributed by atoms with E-state index in [1.807, 2.05) is 6.92 Å². The molecule has 0 aliphatic carbocycles. The molecule has 0 spiro atoms. The van der Waals surface area contributed by atoms with Crippen LogP contribution >= 0.6 is 0 Å². The third-order valence-corrected chi connectivity index (χ3v) is 4.29. The summed E-state index contributed by atoms with van der Waals surface area (Å²) in [5.74, 6) is 1.76. The van der Waals surface area contributed by atoms with Crippen LogP contribution in [-0.4, -0.2) is 26.7 Å². The van der Waals surface area contributed by atoms with E-state index in [1.54, 1.807) is 18.2 Å². The molecule has 0 amide bonds. The minimum absolute atomic E-state index is 0.0881. The minimum Gasteiger partial charge on any atom is -0.507 e. The summed E-state index contributed by atoms with van der Waals surface area (Å²) in [7, 11) is 0. The molecule has 5 nitrogen and oxygen atoms in total. The summed E-state index contributed by atoms with van der Waals surface area (Å²) in [5, 5.41) is 10.3. The van der Waals surface area contributed by atoms with Crippen LogP contribution in [0.3, 0.4) is 0 Å². The Bertz CT molecular complexity index is 910. The number of rotatable bonds is 6. The van der Waals surface area contributed by atoms with Gasteiger partial charge in [0.05, 0.1) is 12.2 Å². The molecule has 26 heavy (non-hydrogen) atoms. The molecule has 2 aromatic carbocycles. The van der Waals surface area contributed by atoms with Gasteiger partial charge >= 0.3 is 0 Å². The summed E-state index contributed by atoms with van der Waals surface area (Å²) in [6.07, 6.45) is 3.38. The molecule has 1 aromatic heterocycles. The van der Waals surface area contributed by atoms with Crippen LogP contribution in [0.2, 0.25) is 0 Å². The fourth-order valence-electron chi connectivity index (χ4n) is 2.89. The third kappa shape index (κ3) is 3.67. The lowest BCUT2D eigenvalue weighted by atomic mass is 10.00. The van der Waals surface area contributed by atoms with Gasteiger partial charge in [0, 0.05) is 11.6 Å². The second kappa shape index (κ2) is 7.95. The zero-order valence-corrected chi connectivity index (χ0v) is 15.4. The predicted octanol–water partition coefficient (Wildman–Crippen LogP) is 4.43. The van der Waals surface area contributed by atoms with Crippen LogP contribution in [0.1, 0.15) is 31.9 Å². The lowest BCUT2D eigenvalue weighted by molar-refractivity contribution is 0.338. The Balaban J connectivity index is 2.02. The first-order chi connectivity index (χ1) is 12.7. The zero-order chi connectivity index (χ0) is 18.5. The maximum atomic E-state index is 10.3. The van der Waals surface area contributed by atoms with Gasteiger partial charge in [-0.2, -0.15) is 0 Å². The van der Waals surface area contributed by atoms with E-state index in [9.17, 15) is 5.11 Å². The van der Waals surface area contributed by atoms with E-state index in [4.69, 9.17) is 4.74 Å². The Morgan fingerprint density at radius 3 is 2.27 bits per heavy atom. The number of ether oxygens (including phenoxy) is 1. The van der Waals surface area contributed by atoms with Gasteiger partial charge in [-0.05, 0) is 43.0 Å². The second-order valence-corrected chi connectivity index (χ2v) is 5.94. The molecule has 3 rings (SSSR count). The molecule has 0 atom stereocenters. The van der Waals surface area contributed by atoms with Crippen LogP contribution in [0, 0.1) is 0 Å². The fourth-order valence-corrected chi connectivity index (χ4v) is 2.89. The quantitative estimate of drug-likeness (QED) is 0.713. The van der Waals surface area contributed by atoms with Gasteiger partial charge in [-0.3, -0.25) is 0 Å². The van der Waals surface area contributed by atoms with Gasteiger partial charge < -0.3 is 9.84 Å². The molecule has 1 heterocycles. The van der Waals surface area contributed by atoms with E-state index < -0.39 is 0 Å². The molecule has 1 N–H and O–H groups in total. The van der Waals surface area contributed by atoms with Gasteiger partial charge in [0.15, 0.2) is 11.6 Å². The summed E-state index contributed by atoms with van der Waals surface area (Å²) in [5.41, 5.74) is 4.06. The third-order valence-electron chi connectivity index (χ3n) is 4.29. The van der Waals surface area contributed by atoms with Crippen molar-refractivity contribution in [2.75, 3.05) is 6.61 Å². The first-order valence-electron chi connectivity index (χ1n) is 8.93. The van der Waals surface area contributed by atoms with Gasteiger partial charge in [0.25, 0.3) is 0 Å². The molecular formula is C21H23N3O2. The SMILES string of the molecule is CCOc1ccc(-c2ncnc(-c3ccc(CC)cc3CC)n2)c(O)c1. The average molecular weight is 349 g/mol. The van der Waals surface area contributed by atoms with E-state index in [2.05, 4.69) is 47.0 Å². The largest absolute Gasteiger partial charge is 0.507 e. The van der Waals surface area contributed by atoms with E-state index in [0.29, 0.717) is 29.6 Å². The molecule has 5 heteroatoms. The normalized spacial score (nSPS) is 10.7. The van der Waals surface area contributed by atoms with Crippen molar-refractivity contribution in [3.63, 3.8) is 0 Å². The van der Waals surface area contributed by atoms with Crippen molar-refractivity contribution in [1.29, 1.82) is 0 Å². The summed E-state index contributed by atoms with van der Waals surface area (Å²) in [6.45, 7) is 6.71. The Labute approximate surface area is 153 Å². The van der Waals surface area contributed by atoms with Crippen molar-refractivity contribution in [3.05, 3.63) is 53.9 Å². The second-order valence-electron chi connectivity index (χ2n) is 5.94. The lowest BCUT2D eigenvalue weighted by Crippen LogP contribution is -1.99. The maximum Gasteiger partial charge on any atom is 0.167 e. The highest BCUT2D eigenvalue weighted by Gasteiger charge is 2.13. The number of hydrogen-bond acceptors (Lipinski definition) is 5. The molecular weight excluding hydrogens is 326 g/mol. The number of hydrogen-bond donors (Lipinski definition) is 1. The molecule has 0 aliphatic heterocycles. The maximum absolute atomic E-state index is 10.3. The van der Waals surface area contributed by atoms with E-state index in [-0.39, 0.29) is 5.75 Å². The van der Waals surface area contributed by atoms with E-state index in [1.165, 1.54) is 17.5 Å². The molecule has 0 fully saturated rings. The van der Waals surface area contributed by atoms with Gasteiger partial charge in [-0.25, -0.2) is 15.0 Å². The fraction of sp³-hybridized carbons (Fsp3) is 0.286. The number of benzene rings is 2. The number of phenols is 1. The lowest BCUT2D eigenvalue weighted by Gasteiger charge is -2.10. The smallest absolute Gasteiger partial charge is 0.167 e. The molecule has 0 saturated heterocycles. The van der Waals surface area contributed by atoms with Crippen LogP contribution in [0.25, 0.3) is 22.8 Å². The van der Waals surface area contributed by atoms with Gasteiger partial charge in [0.1, 0.15) is 17.8 Å². The van der Waals surface area contributed by atoms with Gasteiger partial charge in [0.2, 0.25) is 0 Å². The number of aromatic hydroxyl groups is 1. The van der Waals surface area contributed by atoms with E-state index >= 15 is 0 Å². The van der Waals surface area contributed by atoms with Crippen molar-refractivity contribution in [2.45, 2.75) is 33.6 Å². The first kappa shape index (κ1) is 17.9. The summed E-state index contributed by atoms with van der Waals surface area (Å²) in [4.78, 5) is 13.2. The number of nitrogens with zero attached hydrogens (tertiary/aromatic N) is 3. The highest BCUT2D eigenvalue weighted by Crippen LogP contribution is 2.31. The zero-order valence-electron chi connectivity index (χ0n) is 15.4. The molecule has 3 aromatic rings. The molecule has 0 bridgehead atoms. The average Bonchev–Trinajstić information content (AvgIpc) is 2.68. The standard InChI is InChI=1S/C21H23N3O2/c1-4-14-7-9-17(15(5-2)11-14)20-22-13-23-21(24-20)18-10-8-16(26-6-3)12-19(18)25/h7-13,25H,4-6H2,1-3H3. The van der Waals surface area contributed by atoms with Gasteiger partial charge in [-0.15, -0.1) is 0 Å². The molecule has 0 radical (unpaired) electrons. The van der Waals surface area contributed by atoms with Crippen LogP contribution in [0.5, 0.6) is 11.5 Å². The Kier molecular flexibility index (Phi) is 5.46. The van der Waals surface area contributed by atoms with Crippen LogP contribution in [0.15, 0.2) is 42.7 Å². The Hall–Kier alpha value is -2.95. The predicted molar refractivity (Wildman–Crippen MR) is 102 cm³/mol. The monoisotopic (exact) mass is 349 g/mol. The van der Waals surface area contributed by atoms with Crippen molar-refractivity contribution >= 4 is 0 Å². The first-order valence-corrected chi connectivity index (χ1v) is 8.93. The Morgan fingerprint density at radius 2 is 1.62 bits per heavy atom. The topological polar surface area (TPSA) is 68.1 Å². The van der Waals surface area contributed by atoms with Crippen molar-refractivity contribution < 1.29 is 9.84 Å². The van der Waals surface area contributed by atoms with Crippen molar-refractivity contribution in [2.24, 2.45) is 0 Å². The minimum atomic E-state index is 0.0881. The highest BCUT2D eigenvalue weighted by molar-refractivity contribution is 5.68. The van der Waals surface area contributed by atoms with Crippen molar-refractivity contribution in [3.8, 4) is 34.3 Å². The number of phenolic OH excluding ortho intramolecular Hbond substituents is 1. The summed E-state index contributed by atoms with van der Waals surface area (Å²) < 4.78 is 5.41. The molecule has 0 aliphatic rings. The van der Waals surface area contributed by atoms with Crippen molar-refractivity contribution in [1.82, 2.24) is 15.0 Å². The highest BCUT2D eigenvalue weighted by atomic mass is 16.5. The van der Waals surface area contributed by atoms with Crippen LogP contribution < -0.4 is 4.74 Å². The van der Waals surface area contributed by atoms with E-state index in [0.717, 1.165) is 18.4 Å². The molecule has 134 valence electrons. The summed E-state index contributed by atoms with van der Waals surface area (Å²) >= 11 is 0. The Morgan fingerprint density at radius 1 is 0.885 bits per heavy atom. The number of aromatic nitrogens is 3. The van der Waals surface area contributed by atoms with Crippen LogP contribution in [0.4, 0.5) is 0 Å². The number of aryl methyl sites for hydroxylation is 2. The molecule has 0 saturated carbocycles. The molecule has 0 unspecified atom stereocenters. The summed E-state index contributed by atoms with van der Waals surface area (Å²) in [6, 6.07) is 11.5. The van der Waals surface area contributed by atoms with Crippen LogP contribution in [-0.2, 0) is 12.8 Å².